The number of hydrogen-bond donors (Lipinski definition) is 2. The van der Waals surface area contributed by atoms with Gasteiger partial charge in [0.25, 0.3) is 5.56 Å². The number of aromatic nitrogens is 2. The maximum atomic E-state index is 11.5. The largest absolute Gasteiger partial charge is 0.348 e. The van der Waals surface area contributed by atoms with Crippen molar-refractivity contribution in [3.63, 3.8) is 0 Å². The van der Waals surface area contributed by atoms with Crippen LogP contribution in [0.2, 0.25) is 0 Å². The SMILES string of the molecule is NCc1cn(CC2OCCO2)c(=O)[nH]c1=O. The van der Waals surface area contributed by atoms with Gasteiger partial charge in [0.05, 0.1) is 19.8 Å². The van der Waals surface area contributed by atoms with Gasteiger partial charge in [0.2, 0.25) is 0 Å². The molecule has 88 valence electrons. The van der Waals surface area contributed by atoms with Crippen LogP contribution in [0.3, 0.4) is 0 Å². The Morgan fingerprint density at radius 2 is 2.12 bits per heavy atom. The van der Waals surface area contributed by atoms with Crippen LogP contribution in [-0.2, 0) is 22.6 Å². The van der Waals surface area contributed by atoms with Crippen molar-refractivity contribution in [1.82, 2.24) is 9.55 Å². The molecular weight excluding hydrogens is 214 g/mol. The highest BCUT2D eigenvalue weighted by Crippen LogP contribution is 2.04. The maximum Gasteiger partial charge on any atom is 0.328 e. The van der Waals surface area contributed by atoms with Crippen molar-refractivity contribution in [2.75, 3.05) is 13.2 Å². The number of ether oxygens (including phenoxy) is 2. The van der Waals surface area contributed by atoms with Crippen LogP contribution in [0.5, 0.6) is 0 Å². The molecule has 0 aromatic carbocycles. The third-order valence-electron chi connectivity index (χ3n) is 2.34. The second kappa shape index (κ2) is 4.60. The van der Waals surface area contributed by atoms with Crippen molar-refractivity contribution in [2.45, 2.75) is 19.4 Å². The van der Waals surface area contributed by atoms with E-state index in [9.17, 15) is 9.59 Å². The Bertz CT molecular complexity index is 472. The van der Waals surface area contributed by atoms with Crippen LogP contribution >= 0.6 is 0 Å². The number of hydrogen-bond acceptors (Lipinski definition) is 5. The molecule has 0 bridgehead atoms. The Kier molecular flexibility index (Phi) is 3.18. The molecule has 7 heteroatoms. The predicted molar refractivity (Wildman–Crippen MR) is 54.9 cm³/mol. The Hall–Kier alpha value is -1.44. The second-order valence-corrected chi connectivity index (χ2v) is 3.44. The summed E-state index contributed by atoms with van der Waals surface area (Å²) in [4.78, 5) is 24.9. The molecule has 0 unspecified atom stereocenters. The van der Waals surface area contributed by atoms with Gasteiger partial charge >= 0.3 is 5.69 Å². The average molecular weight is 227 g/mol. The second-order valence-electron chi connectivity index (χ2n) is 3.44. The predicted octanol–water partition coefficient (Wildman–Crippen LogP) is -1.63. The van der Waals surface area contributed by atoms with Crippen molar-refractivity contribution in [1.29, 1.82) is 0 Å². The monoisotopic (exact) mass is 227 g/mol. The topological polar surface area (TPSA) is 99.3 Å². The van der Waals surface area contributed by atoms with Gasteiger partial charge in [-0.15, -0.1) is 0 Å². The van der Waals surface area contributed by atoms with E-state index >= 15 is 0 Å². The summed E-state index contributed by atoms with van der Waals surface area (Å²) < 4.78 is 11.8. The van der Waals surface area contributed by atoms with E-state index in [4.69, 9.17) is 15.2 Å². The summed E-state index contributed by atoms with van der Waals surface area (Å²) >= 11 is 0. The minimum Gasteiger partial charge on any atom is -0.348 e. The molecule has 0 aliphatic carbocycles. The molecule has 0 radical (unpaired) electrons. The maximum absolute atomic E-state index is 11.5. The minimum absolute atomic E-state index is 0.0853. The van der Waals surface area contributed by atoms with E-state index in [0.29, 0.717) is 18.8 Å². The lowest BCUT2D eigenvalue weighted by Gasteiger charge is -2.11. The molecule has 1 aromatic rings. The number of H-pyrrole nitrogens is 1. The number of nitrogens with two attached hydrogens (primary N) is 1. The summed E-state index contributed by atoms with van der Waals surface area (Å²) in [5.74, 6) is 0. The number of rotatable bonds is 3. The minimum atomic E-state index is -0.485. The standard InChI is InChI=1S/C9H13N3O4/c10-3-6-4-12(9(14)11-8(6)13)5-7-15-1-2-16-7/h4,7H,1-3,5,10H2,(H,11,13,14). The van der Waals surface area contributed by atoms with Crippen molar-refractivity contribution in [3.8, 4) is 0 Å². The normalized spacial score (nSPS) is 16.8. The van der Waals surface area contributed by atoms with E-state index < -0.39 is 17.5 Å². The van der Waals surface area contributed by atoms with Gasteiger partial charge in [-0.05, 0) is 0 Å². The third-order valence-corrected chi connectivity index (χ3v) is 2.34. The lowest BCUT2D eigenvalue weighted by atomic mass is 10.3. The fraction of sp³-hybridized carbons (Fsp3) is 0.556. The molecule has 1 saturated heterocycles. The molecular formula is C9H13N3O4. The molecule has 7 nitrogen and oxygen atoms in total. The lowest BCUT2D eigenvalue weighted by molar-refractivity contribution is -0.0533. The number of nitrogens with one attached hydrogen (secondary N) is 1. The van der Waals surface area contributed by atoms with Gasteiger partial charge in [0, 0.05) is 18.3 Å². The molecule has 2 heterocycles. The van der Waals surface area contributed by atoms with Crippen LogP contribution in [0.4, 0.5) is 0 Å². The van der Waals surface area contributed by atoms with E-state index in [0.717, 1.165) is 0 Å². The highest BCUT2D eigenvalue weighted by atomic mass is 16.7. The first-order valence-electron chi connectivity index (χ1n) is 4.96. The molecule has 2 rings (SSSR count). The van der Waals surface area contributed by atoms with Gasteiger partial charge in [0.1, 0.15) is 0 Å². The first-order chi connectivity index (χ1) is 7.70. The van der Waals surface area contributed by atoms with Crippen LogP contribution in [0.15, 0.2) is 15.8 Å². The molecule has 1 aliphatic rings. The van der Waals surface area contributed by atoms with Crippen molar-refractivity contribution in [3.05, 3.63) is 32.6 Å². The Morgan fingerprint density at radius 1 is 1.44 bits per heavy atom. The first kappa shape index (κ1) is 11.1. The van der Waals surface area contributed by atoms with Crippen LogP contribution in [0.25, 0.3) is 0 Å². The van der Waals surface area contributed by atoms with Gasteiger partial charge < -0.3 is 15.2 Å². The smallest absolute Gasteiger partial charge is 0.328 e. The van der Waals surface area contributed by atoms with Gasteiger partial charge in [0.15, 0.2) is 6.29 Å². The molecule has 0 spiro atoms. The Labute approximate surface area is 90.8 Å². The Morgan fingerprint density at radius 3 is 2.75 bits per heavy atom. The van der Waals surface area contributed by atoms with Gasteiger partial charge in [-0.2, -0.15) is 0 Å². The van der Waals surface area contributed by atoms with Crippen LogP contribution in [-0.4, -0.2) is 29.1 Å². The zero-order chi connectivity index (χ0) is 11.5. The quantitative estimate of drug-likeness (QED) is 0.645. The summed E-state index contributed by atoms with van der Waals surface area (Å²) in [6.45, 7) is 1.38. The van der Waals surface area contributed by atoms with Crippen molar-refractivity contribution in [2.24, 2.45) is 5.73 Å². The van der Waals surface area contributed by atoms with Gasteiger partial charge in [-0.1, -0.05) is 0 Å². The molecule has 3 N–H and O–H groups in total. The van der Waals surface area contributed by atoms with E-state index in [2.05, 4.69) is 4.98 Å². The summed E-state index contributed by atoms with van der Waals surface area (Å²) in [6.07, 6.45) is 1.00. The molecule has 0 saturated carbocycles. The Balaban J connectivity index is 2.25. The molecule has 1 fully saturated rings. The average Bonchev–Trinajstić information content (AvgIpc) is 2.75. The fourth-order valence-electron chi connectivity index (χ4n) is 1.51. The summed E-state index contributed by atoms with van der Waals surface area (Å²) in [6, 6.07) is 0. The van der Waals surface area contributed by atoms with Crippen LogP contribution in [0.1, 0.15) is 5.56 Å². The molecule has 0 atom stereocenters. The van der Waals surface area contributed by atoms with E-state index in [1.165, 1.54) is 10.8 Å². The molecule has 1 aliphatic heterocycles. The lowest BCUT2D eigenvalue weighted by Crippen LogP contribution is -2.35. The summed E-state index contributed by atoms with van der Waals surface area (Å²) in [7, 11) is 0. The zero-order valence-corrected chi connectivity index (χ0v) is 8.64. The first-order valence-corrected chi connectivity index (χ1v) is 4.96. The molecule has 0 amide bonds. The zero-order valence-electron chi connectivity index (χ0n) is 8.64. The van der Waals surface area contributed by atoms with E-state index in [1.807, 2.05) is 0 Å². The van der Waals surface area contributed by atoms with Gasteiger partial charge in [-0.25, -0.2) is 4.79 Å². The third kappa shape index (κ3) is 2.21. The number of nitrogens with zero attached hydrogens (tertiary/aromatic N) is 1. The number of aromatic amines is 1. The van der Waals surface area contributed by atoms with E-state index in [-0.39, 0.29) is 13.1 Å². The molecule has 16 heavy (non-hydrogen) atoms. The highest BCUT2D eigenvalue weighted by molar-refractivity contribution is 5.03. The summed E-state index contributed by atoms with van der Waals surface area (Å²) in [5.41, 5.74) is 4.81. The highest BCUT2D eigenvalue weighted by Gasteiger charge is 2.17. The van der Waals surface area contributed by atoms with Crippen LogP contribution < -0.4 is 17.0 Å². The summed E-state index contributed by atoms with van der Waals surface area (Å²) in [5, 5.41) is 0. The van der Waals surface area contributed by atoms with Gasteiger partial charge in [-0.3, -0.25) is 14.3 Å². The van der Waals surface area contributed by atoms with E-state index in [1.54, 1.807) is 0 Å². The fourth-order valence-corrected chi connectivity index (χ4v) is 1.51. The van der Waals surface area contributed by atoms with Crippen molar-refractivity contribution >= 4 is 0 Å². The molecule has 1 aromatic heterocycles. The van der Waals surface area contributed by atoms with Crippen molar-refractivity contribution < 1.29 is 9.47 Å². The van der Waals surface area contributed by atoms with Crippen LogP contribution in [0, 0.1) is 0 Å².